The number of ether oxygens (including phenoxy) is 2. The van der Waals surface area contributed by atoms with Gasteiger partial charge in [0, 0.05) is 1.43 Å². The average molecular weight is 289 g/mol. The van der Waals surface area contributed by atoms with Crippen LogP contribution in [0, 0.1) is 5.92 Å². The number of hydrogen-bond acceptors (Lipinski definition) is 4. The van der Waals surface area contributed by atoms with Gasteiger partial charge in [-0.05, 0) is 24.1 Å². The van der Waals surface area contributed by atoms with E-state index in [0.717, 1.165) is 5.56 Å². The number of methoxy groups -OCH3 is 1. The van der Waals surface area contributed by atoms with Crippen LogP contribution in [0.2, 0.25) is 0 Å². The van der Waals surface area contributed by atoms with Gasteiger partial charge in [0.1, 0.15) is 6.61 Å². The first-order chi connectivity index (χ1) is 10.2. The zero-order valence-corrected chi connectivity index (χ0v) is 11.7. The summed E-state index contributed by atoms with van der Waals surface area (Å²) in [5, 5.41) is 2.69. The second-order valence-corrected chi connectivity index (χ2v) is 4.68. The fourth-order valence-corrected chi connectivity index (χ4v) is 2.03. The molecule has 0 aromatic heterocycles. The van der Waals surface area contributed by atoms with Crippen LogP contribution < -0.4 is 5.32 Å². The number of carbonyl (C=O) groups is 2. The quantitative estimate of drug-likeness (QED) is 0.683. The number of esters is 1. The zero-order chi connectivity index (χ0) is 15.1. The number of rotatable bonds is 4. The number of carbonyl (C=O) groups excluding carboxylic acids is 2. The molecule has 1 N–H and O–H groups in total. The summed E-state index contributed by atoms with van der Waals surface area (Å²) in [6.45, 7) is 0.208. The lowest BCUT2D eigenvalue weighted by Gasteiger charge is -2.20. The van der Waals surface area contributed by atoms with E-state index in [9.17, 15) is 9.59 Å². The molecule has 1 aliphatic rings. The van der Waals surface area contributed by atoms with Crippen LogP contribution in [0.4, 0.5) is 4.79 Å². The van der Waals surface area contributed by atoms with Crippen molar-refractivity contribution in [2.24, 2.45) is 5.92 Å². The summed E-state index contributed by atoms with van der Waals surface area (Å²) >= 11 is 0. The lowest BCUT2D eigenvalue weighted by molar-refractivity contribution is -0.144. The Labute approximate surface area is 124 Å². The van der Waals surface area contributed by atoms with Crippen LogP contribution in [-0.4, -0.2) is 25.2 Å². The summed E-state index contributed by atoms with van der Waals surface area (Å²) < 4.78 is 9.81. The molecule has 0 saturated carbocycles. The van der Waals surface area contributed by atoms with E-state index < -0.39 is 6.09 Å². The molecule has 0 bridgehead atoms. The first-order valence-electron chi connectivity index (χ1n) is 6.67. The molecule has 21 heavy (non-hydrogen) atoms. The Hall–Kier alpha value is -2.52. The zero-order valence-electron chi connectivity index (χ0n) is 11.7. The van der Waals surface area contributed by atoms with Gasteiger partial charge in [0.25, 0.3) is 0 Å². The van der Waals surface area contributed by atoms with Gasteiger partial charge in [-0.1, -0.05) is 30.3 Å². The van der Waals surface area contributed by atoms with E-state index >= 15 is 0 Å². The molecule has 0 aliphatic heterocycles. The summed E-state index contributed by atoms with van der Waals surface area (Å²) in [5.41, 5.74) is 3.77. The van der Waals surface area contributed by atoms with E-state index in [1.54, 1.807) is 12.2 Å². The molecule has 0 fully saturated rings. The molecular formula is C16H19NO4. The standard InChI is InChI=1S/C16H17NO4.H2/c1-20-15(18)13-8-5-9-14(10-13)17-16(19)21-11-12-6-3-2-4-7-12;/h2-4,6-9,13-14H,10-11H2,1H3,(H,17,19);1H. The number of alkyl carbamates (subject to hydrolysis) is 1. The normalized spacial score (nSPS) is 19.9. The Morgan fingerprint density at radius 1 is 1.33 bits per heavy atom. The van der Waals surface area contributed by atoms with Gasteiger partial charge in [0.2, 0.25) is 0 Å². The maximum absolute atomic E-state index is 11.7. The van der Waals surface area contributed by atoms with Crippen LogP contribution in [0.25, 0.3) is 0 Å². The Morgan fingerprint density at radius 3 is 2.81 bits per heavy atom. The third kappa shape index (κ3) is 4.51. The van der Waals surface area contributed by atoms with Gasteiger partial charge in [-0.15, -0.1) is 5.73 Å². The Balaban J connectivity index is 0.00000242. The highest BCUT2D eigenvalue weighted by Crippen LogP contribution is 2.15. The van der Waals surface area contributed by atoms with Crippen LogP contribution in [-0.2, 0) is 20.9 Å². The molecule has 1 aromatic carbocycles. The van der Waals surface area contributed by atoms with E-state index in [1.807, 2.05) is 30.3 Å². The molecule has 5 nitrogen and oxygen atoms in total. The summed E-state index contributed by atoms with van der Waals surface area (Å²) in [7, 11) is 1.34. The topological polar surface area (TPSA) is 64.6 Å². The fourth-order valence-electron chi connectivity index (χ4n) is 2.03. The van der Waals surface area contributed by atoms with Gasteiger partial charge in [0.15, 0.2) is 0 Å². The van der Waals surface area contributed by atoms with Crippen molar-refractivity contribution < 1.29 is 20.5 Å². The first-order valence-corrected chi connectivity index (χ1v) is 6.67. The van der Waals surface area contributed by atoms with E-state index in [4.69, 9.17) is 4.74 Å². The van der Waals surface area contributed by atoms with Gasteiger partial charge >= 0.3 is 12.1 Å². The van der Waals surface area contributed by atoms with Gasteiger partial charge in [-0.2, -0.15) is 0 Å². The van der Waals surface area contributed by atoms with Crippen molar-refractivity contribution in [3.63, 3.8) is 0 Å². The van der Waals surface area contributed by atoms with E-state index in [1.165, 1.54) is 7.11 Å². The smallest absolute Gasteiger partial charge is 0.407 e. The van der Waals surface area contributed by atoms with E-state index in [0.29, 0.717) is 6.42 Å². The number of benzene rings is 1. The third-order valence-electron chi connectivity index (χ3n) is 3.12. The number of nitrogens with one attached hydrogen (secondary N) is 1. The van der Waals surface area contributed by atoms with Crippen LogP contribution >= 0.6 is 0 Å². The molecule has 112 valence electrons. The monoisotopic (exact) mass is 289 g/mol. The largest absolute Gasteiger partial charge is 0.469 e. The minimum absolute atomic E-state index is 0. The minimum Gasteiger partial charge on any atom is -0.469 e. The van der Waals surface area contributed by atoms with Crippen LogP contribution in [0.3, 0.4) is 0 Å². The van der Waals surface area contributed by atoms with Crippen molar-refractivity contribution in [2.75, 3.05) is 7.11 Å². The lowest BCUT2D eigenvalue weighted by Crippen LogP contribution is -2.37. The van der Waals surface area contributed by atoms with Crippen LogP contribution in [0.1, 0.15) is 13.4 Å². The molecule has 0 radical (unpaired) electrons. The highest BCUT2D eigenvalue weighted by atomic mass is 16.5. The highest BCUT2D eigenvalue weighted by Gasteiger charge is 2.23. The molecule has 1 aliphatic carbocycles. The SMILES string of the molecule is COC(=O)C1C=C=CC(NC(=O)OCc2ccccc2)C1.[HH]. The predicted molar refractivity (Wildman–Crippen MR) is 78.4 cm³/mol. The molecule has 1 amide bonds. The van der Waals surface area contributed by atoms with Crippen molar-refractivity contribution in [3.8, 4) is 0 Å². The molecule has 0 spiro atoms. The molecular weight excluding hydrogens is 270 g/mol. The first kappa shape index (κ1) is 14.9. The maximum Gasteiger partial charge on any atom is 0.407 e. The van der Waals surface area contributed by atoms with Gasteiger partial charge in [-0.25, -0.2) is 4.79 Å². The van der Waals surface area contributed by atoms with Crippen molar-refractivity contribution >= 4 is 12.1 Å². The molecule has 2 rings (SSSR count). The molecule has 2 atom stereocenters. The van der Waals surface area contributed by atoms with Crippen LogP contribution in [0.15, 0.2) is 48.2 Å². The molecule has 0 saturated heterocycles. The van der Waals surface area contributed by atoms with Gasteiger partial charge < -0.3 is 14.8 Å². The fraction of sp³-hybridized carbons (Fsp3) is 0.312. The Bertz CT molecular complexity index is 567. The molecule has 0 heterocycles. The summed E-state index contributed by atoms with van der Waals surface area (Å²) in [4.78, 5) is 23.2. The van der Waals surface area contributed by atoms with Crippen LogP contribution in [0.5, 0.6) is 0 Å². The second kappa shape index (κ2) is 7.31. The highest BCUT2D eigenvalue weighted by molar-refractivity contribution is 5.75. The van der Waals surface area contributed by atoms with Crippen molar-refractivity contribution in [1.29, 1.82) is 0 Å². The van der Waals surface area contributed by atoms with Gasteiger partial charge in [0.05, 0.1) is 19.1 Å². The molecule has 1 aromatic rings. The Morgan fingerprint density at radius 2 is 2.10 bits per heavy atom. The number of amides is 1. The summed E-state index contributed by atoms with van der Waals surface area (Å²) in [6.07, 6.45) is 3.26. The molecule has 2 unspecified atom stereocenters. The molecule has 5 heteroatoms. The van der Waals surface area contributed by atoms with Crippen molar-refractivity contribution in [3.05, 3.63) is 53.8 Å². The summed E-state index contributed by atoms with van der Waals surface area (Å²) in [6, 6.07) is 9.13. The lowest BCUT2D eigenvalue weighted by atomic mass is 9.96. The minimum atomic E-state index is -0.521. The Kier molecular flexibility index (Phi) is 5.18. The summed E-state index contributed by atoms with van der Waals surface area (Å²) in [5.74, 6) is -0.723. The second-order valence-electron chi connectivity index (χ2n) is 4.68. The van der Waals surface area contributed by atoms with E-state index in [2.05, 4.69) is 15.8 Å². The predicted octanol–water partition coefficient (Wildman–Crippen LogP) is 2.43. The average Bonchev–Trinajstić information content (AvgIpc) is 2.53. The van der Waals surface area contributed by atoms with Crippen molar-refractivity contribution in [1.82, 2.24) is 5.32 Å². The number of hydrogen-bond donors (Lipinski definition) is 1. The maximum atomic E-state index is 11.7. The van der Waals surface area contributed by atoms with E-state index in [-0.39, 0.29) is 26.0 Å². The third-order valence-corrected chi connectivity index (χ3v) is 3.12. The van der Waals surface area contributed by atoms with Gasteiger partial charge in [-0.3, -0.25) is 4.79 Å². The van der Waals surface area contributed by atoms with Crippen molar-refractivity contribution in [2.45, 2.75) is 19.1 Å².